The average Bonchev–Trinajstić information content (AvgIpc) is 2.76. The third-order valence-electron chi connectivity index (χ3n) is 3.10. The van der Waals surface area contributed by atoms with Crippen LogP contribution >= 0.6 is 11.3 Å². The third kappa shape index (κ3) is 2.73. The Morgan fingerprint density at radius 1 is 1.50 bits per heavy atom. The molecule has 0 aliphatic heterocycles. The number of thiophene rings is 1. The van der Waals surface area contributed by atoms with E-state index in [1.54, 1.807) is 14.0 Å². The van der Waals surface area contributed by atoms with Crippen LogP contribution in [0.25, 0.3) is 10.2 Å². The summed E-state index contributed by atoms with van der Waals surface area (Å²) in [7, 11) is 3.61. The zero-order valence-electron chi connectivity index (χ0n) is 11.7. The van der Waals surface area contributed by atoms with Crippen molar-refractivity contribution in [1.29, 1.82) is 0 Å². The first-order valence-electron chi connectivity index (χ1n) is 6.23. The summed E-state index contributed by atoms with van der Waals surface area (Å²) < 4.78 is 5.04. The van der Waals surface area contributed by atoms with Gasteiger partial charge in [-0.25, -0.2) is 14.8 Å². The second kappa shape index (κ2) is 6.15. The van der Waals surface area contributed by atoms with Gasteiger partial charge in [0, 0.05) is 27.3 Å². The highest BCUT2D eigenvalue weighted by Gasteiger charge is 2.19. The number of carboxylic acids is 1. The standard InChI is InChI=1S/C13H17N3O3S/c1-8-9-11(16(2)5-4-6-19-3)14-7-15-12(9)20-10(8)13(17)18/h7H,4-6H2,1-3H3,(H,17,18). The minimum Gasteiger partial charge on any atom is -0.477 e. The second-order valence-corrected chi connectivity index (χ2v) is 5.51. The summed E-state index contributed by atoms with van der Waals surface area (Å²) in [5.41, 5.74) is 0.728. The molecule has 1 N–H and O–H groups in total. The Morgan fingerprint density at radius 2 is 2.25 bits per heavy atom. The molecule has 20 heavy (non-hydrogen) atoms. The highest BCUT2D eigenvalue weighted by atomic mass is 32.1. The Bertz CT molecular complexity index is 627. The van der Waals surface area contributed by atoms with Crippen LogP contribution in [0.1, 0.15) is 21.7 Å². The van der Waals surface area contributed by atoms with E-state index in [2.05, 4.69) is 9.97 Å². The van der Waals surface area contributed by atoms with Gasteiger partial charge in [-0.1, -0.05) is 0 Å². The van der Waals surface area contributed by atoms with E-state index in [4.69, 9.17) is 4.74 Å². The second-order valence-electron chi connectivity index (χ2n) is 4.51. The lowest BCUT2D eigenvalue weighted by molar-refractivity contribution is 0.0701. The van der Waals surface area contributed by atoms with Gasteiger partial charge in [-0.15, -0.1) is 11.3 Å². The highest BCUT2D eigenvalue weighted by molar-refractivity contribution is 7.20. The van der Waals surface area contributed by atoms with Crippen molar-refractivity contribution in [2.45, 2.75) is 13.3 Å². The number of nitrogens with zero attached hydrogens (tertiary/aromatic N) is 3. The summed E-state index contributed by atoms with van der Waals surface area (Å²) in [5, 5.41) is 10.0. The van der Waals surface area contributed by atoms with E-state index in [9.17, 15) is 9.90 Å². The fourth-order valence-electron chi connectivity index (χ4n) is 2.10. The number of aryl methyl sites for hydroxylation is 1. The van der Waals surface area contributed by atoms with E-state index < -0.39 is 5.97 Å². The average molecular weight is 295 g/mol. The Kier molecular flexibility index (Phi) is 4.51. The van der Waals surface area contributed by atoms with Crippen LogP contribution in [0.2, 0.25) is 0 Å². The smallest absolute Gasteiger partial charge is 0.346 e. The third-order valence-corrected chi connectivity index (χ3v) is 4.29. The Labute approximate surface area is 121 Å². The molecule has 0 amide bonds. The van der Waals surface area contributed by atoms with Crippen molar-refractivity contribution in [2.24, 2.45) is 0 Å². The molecule has 2 aromatic heterocycles. The van der Waals surface area contributed by atoms with Crippen LogP contribution in [0, 0.1) is 6.92 Å². The van der Waals surface area contributed by atoms with Crippen molar-refractivity contribution in [2.75, 3.05) is 32.2 Å². The Morgan fingerprint density at radius 3 is 2.90 bits per heavy atom. The first-order valence-corrected chi connectivity index (χ1v) is 7.05. The summed E-state index contributed by atoms with van der Waals surface area (Å²) in [4.78, 5) is 22.7. The van der Waals surface area contributed by atoms with Gasteiger partial charge in [-0.3, -0.25) is 0 Å². The van der Waals surface area contributed by atoms with E-state index in [1.807, 2.05) is 11.9 Å². The molecule has 108 valence electrons. The topological polar surface area (TPSA) is 75.5 Å². The van der Waals surface area contributed by atoms with Gasteiger partial charge in [0.15, 0.2) is 0 Å². The number of anilines is 1. The van der Waals surface area contributed by atoms with Gasteiger partial charge in [0.2, 0.25) is 0 Å². The normalized spacial score (nSPS) is 10.9. The molecule has 6 nitrogen and oxygen atoms in total. The SMILES string of the molecule is COCCCN(C)c1ncnc2sc(C(=O)O)c(C)c12. The van der Waals surface area contributed by atoms with Gasteiger partial charge >= 0.3 is 5.97 Å². The van der Waals surface area contributed by atoms with Crippen LogP contribution in [0.15, 0.2) is 6.33 Å². The zero-order chi connectivity index (χ0) is 14.7. The maximum atomic E-state index is 11.2. The fraction of sp³-hybridized carbons (Fsp3) is 0.462. The molecule has 0 aliphatic carbocycles. The molecule has 0 saturated heterocycles. The van der Waals surface area contributed by atoms with Crippen LogP contribution in [0.4, 0.5) is 5.82 Å². The largest absolute Gasteiger partial charge is 0.477 e. The van der Waals surface area contributed by atoms with E-state index in [0.717, 1.165) is 29.7 Å². The predicted octanol–water partition coefficient (Wildman–Crippen LogP) is 2.17. The zero-order valence-corrected chi connectivity index (χ0v) is 12.5. The van der Waals surface area contributed by atoms with E-state index in [-0.39, 0.29) is 0 Å². The molecule has 0 bridgehead atoms. The predicted molar refractivity (Wildman–Crippen MR) is 78.9 cm³/mol. The maximum Gasteiger partial charge on any atom is 0.346 e. The summed E-state index contributed by atoms with van der Waals surface area (Å²) in [5.74, 6) is -0.147. The molecule has 0 fully saturated rings. The van der Waals surface area contributed by atoms with E-state index >= 15 is 0 Å². The van der Waals surface area contributed by atoms with Gasteiger partial charge in [-0.05, 0) is 18.9 Å². The molecule has 0 aromatic carbocycles. The minimum atomic E-state index is -0.918. The van der Waals surface area contributed by atoms with Gasteiger partial charge < -0.3 is 14.7 Å². The molecular weight excluding hydrogens is 278 g/mol. The fourth-order valence-corrected chi connectivity index (χ4v) is 3.08. The van der Waals surface area contributed by atoms with Gasteiger partial charge in [-0.2, -0.15) is 0 Å². The van der Waals surface area contributed by atoms with Crippen molar-refractivity contribution < 1.29 is 14.6 Å². The van der Waals surface area contributed by atoms with Crippen LogP contribution in [0.3, 0.4) is 0 Å². The monoisotopic (exact) mass is 295 g/mol. The lowest BCUT2D eigenvalue weighted by atomic mass is 10.2. The molecular formula is C13H17N3O3S. The molecule has 0 atom stereocenters. The number of aromatic nitrogens is 2. The molecule has 7 heteroatoms. The van der Waals surface area contributed by atoms with Crippen LogP contribution < -0.4 is 4.90 Å². The number of ether oxygens (including phenoxy) is 1. The highest BCUT2D eigenvalue weighted by Crippen LogP contribution is 2.34. The molecule has 2 rings (SSSR count). The molecule has 2 heterocycles. The number of aromatic carboxylic acids is 1. The van der Waals surface area contributed by atoms with Crippen LogP contribution in [0.5, 0.6) is 0 Å². The summed E-state index contributed by atoms with van der Waals surface area (Å²) in [6.45, 7) is 3.28. The van der Waals surface area contributed by atoms with Gasteiger partial charge in [0.25, 0.3) is 0 Å². The molecule has 0 radical (unpaired) electrons. The Balaban J connectivity index is 2.40. The van der Waals surface area contributed by atoms with Crippen molar-refractivity contribution in [3.8, 4) is 0 Å². The van der Waals surface area contributed by atoms with Gasteiger partial charge in [0.1, 0.15) is 21.9 Å². The van der Waals surface area contributed by atoms with Crippen LogP contribution in [-0.4, -0.2) is 48.4 Å². The number of methoxy groups -OCH3 is 1. The van der Waals surface area contributed by atoms with Crippen molar-refractivity contribution in [1.82, 2.24) is 9.97 Å². The summed E-state index contributed by atoms with van der Waals surface area (Å²) in [6, 6.07) is 0. The molecule has 0 saturated carbocycles. The number of fused-ring (bicyclic) bond motifs is 1. The number of hydrogen-bond donors (Lipinski definition) is 1. The van der Waals surface area contributed by atoms with E-state index in [0.29, 0.717) is 16.3 Å². The lowest BCUT2D eigenvalue weighted by Gasteiger charge is -2.18. The maximum absolute atomic E-state index is 11.2. The van der Waals surface area contributed by atoms with Gasteiger partial charge in [0.05, 0.1) is 5.39 Å². The molecule has 0 spiro atoms. The van der Waals surface area contributed by atoms with E-state index in [1.165, 1.54) is 17.7 Å². The number of rotatable bonds is 6. The Hall–Kier alpha value is -1.73. The molecule has 0 unspecified atom stereocenters. The van der Waals surface area contributed by atoms with Crippen molar-refractivity contribution >= 4 is 33.3 Å². The number of carboxylic acid groups (broad SMARTS) is 1. The lowest BCUT2D eigenvalue weighted by Crippen LogP contribution is -2.21. The quantitative estimate of drug-likeness (QED) is 0.823. The van der Waals surface area contributed by atoms with Crippen LogP contribution in [-0.2, 0) is 4.74 Å². The number of hydrogen-bond acceptors (Lipinski definition) is 6. The van der Waals surface area contributed by atoms with Crippen molar-refractivity contribution in [3.05, 3.63) is 16.8 Å². The number of carbonyl (C=O) groups is 1. The molecule has 0 aliphatic rings. The summed E-state index contributed by atoms with van der Waals surface area (Å²) in [6.07, 6.45) is 2.36. The minimum absolute atomic E-state index is 0.326. The molecule has 2 aromatic rings. The first kappa shape index (κ1) is 14.7. The summed E-state index contributed by atoms with van der Waals surface area (Å²) >= 11 is 1.19. The van der Waals surface area contributed by atoms with Crippen molar-refractivity contribution in [3.63, 3.8) is 0 Å². The first-order chi connectivity index (χ1) is 9.56.